The maximum Gasteiger partial charge on any atom is 0.169 e. The lowest BCUT2D eigenvalue weighted by atomic mass is 9.87. The number of benzene rings is 1. The molecule has 5 nitrogen and oxygen atoms in total. The molecular formula is C14H14ClF2N3O2. The van der Waals surface area contributed by atoms with Crippen molar-refractivity contribution in [2.45, 2.75) is 6.54 Å². The summed E-state index contributed by atoms with van der Waals surface area (Å²) in [4.78, 5) is 15.9. The molecule has 0 bridgehead atoms. The normalized spacial score (nSPS) is 11.4. The average molecular weight is 330 g/mol. The van der Waals surface area contributed by atoms with Crippen LogP contribution in [0.2, 0.25) is 5.02 Å². The molecule has 8 heteroatoms. The summed E-state index contributed by atoms with van der Waals surface area (Å²) in [6.07, 6.45) is 2.54. The second-order valence-electron chi connectivity index (χ2n) is 4.81. The van der Waals surface area contributed by atoms with Gasteiger partial charge in [-0.15, -0.1) is 0 Å². The summed E-state index contributed by atoms with van der Waals surface area (Å²) in [6.45, 7) is -3.00. The second-order valence-corrected chi connectivity index (χ2v) is 5.24. The Balaban J connectivity index is 2.06. The van der Waals surface area contributed by atoms with Crippen molar-refractivity contribution in [2.75, 3.05) is 20.0 Å². The number of ketones is 1. The van der Waals surface area contributed by atoms with Crippen LogP contribution < -0.4 is 4.74 Å². The Labute approximate surface area is 130 Å². The molecule has 0 fully saturated rings. The van der Waals surface area contributed by atoms with Crippen LogP contribution in [0.25, 0.3) is 0 Å². The third kappa shape index (κ3) is 3.79. The summed E-state index contributed by atoms with van der Waals surface area (Å²) in [7, 11) is 0. The van der Waals surface area contributed by atoms with Gasteiger partial charge in [-0.2, -0.15) is 5.10 Å². The number of carbonyl (C=O) groups is 1. The minimum Gasteiger partial charge on any atom is -0.492 e. The molecule has 0 amide bonds. The highest BCUT2D eigenvalue weighted by molar-refractivity contribution is 6.30. The monoisotopic (exact) mass is 329 g/mol. The first-order valence-corrected chi connectivity index (χ1v) is 6.83. The molecule has 0 aliphatic heterocycles. The fourth-order valence-electron chi connectivity index (χ4n) is 1.72. The van der Waals surface area contributed by atoms with Gasteiger partial charge in [0.25, 0.3) is 0 Å². The molecule has 2 rings (SSSR count). The van der Waals surface area contributed by atoms with Crippen molar-refractivity contribution in [3.8, 4) is 5.75 Å². The molecule has 118 valence electrons. The zero-order valence-electron chi connectivity index (χ0n) is 11.6. The minimum atomic E-state index is -1.86. The van der Waals surface area contributed by atoms with Gasteiger partial charge in [0.05, 0.1) is 0 Å². The number of Topliss-reactive ketones (excluding diaryl/α,β-unsaturated/α-hetero) is 1. The van der Waals surface area contributed by atoms with Crippen molar-refractivity contribution in [1.82, 2.24) is 14.8 Å². The molecule has 22 heavy (non-hydrogen) atoms. The number of alkyl halides is 2. The van der Waals surface area contributed by atoms with E-state index < -0.39 is 31.2 Å². The van der Waals surface area contributed by atoms with Gasteiger partial charge in [-0.1, -0.05) is 11.6 Å². The average Bonchev–Trinajstić information content (AvgIpc) is 3.03. The minimum absolute atomic E-state index is 0.266. The molecule has 1 aromatic heterocycles. The van der Waals surface area contributed by atoms with Gasteiger partial charge < -0.3 is 4.74 Å². The predicted octanol–water partition coefficient (Wildman–Crippen LogP) is 2.51. The molecule has 1 heterocycles. The number of hydrogen-bond acceptors (Lipinski definition) is 4. The number of nitrogens with zero attached hydrogens (tertiary/aromatic N) is 3. The van der Waals surface area contributed by atoms with Crippen molar-refractivity contribution in [3.05, 3.63) is 41.9 Å². The standard InChI is InChI=1S/C14H14ClF2N3O2/c15-11-1-3-12(4-2-11)22-8-14(6-16,7-17)13(21)5-20-10-18-9-19-20/h1-4,9-10H,5-8H2. The third-order valence-electron chi connectivity index (χ3n) is 3.20. The summed E-state index contributed by atoms with van der Waals surface area (Å²) in [5.41, 5.74) is -1.86. The van der Waals surface area contributed by atoms with Crippen LogP contribution in [-0.4, -0.2) is 40.5 Å². The Morgan fingerprint density at radius 1 is 1.27 bits per heavy atom. The lowest BCUT2D eigenvalue weighted by Crippen LogP contribution is -2.43. The summed E-state index contributed by atoms with van der Waals surface area (Å²) in [5, 5.41) is 4.26. The molecule has 0 radical (unpaired) electrons. The Kier molecular flexibility index (Phi) is 5.43. The zero-order valence-corrected chi connectivity index (χ0v) is 12.3. The van der Waals surface area contributed by atoms with E-state index in [0.29, 0.717) is 10.8 Å². The Hall–Kier alpha value is -2.02. The van der Waals surface area contributed by atoms with Crippen LogP contribution in [-0.2, 0) is 11.3 Å². The number of ether oxygens (including phenoxy) is 1. The summed E-state index contributed by atoms with van der Waals surface area (Å²) >= 11 is 5.74. The fraction of sp³-hybridized carbons (Fsp3) is 0.357. The van der Waals surface area contributed by atoms with Crippen LogP contribution >= 0.6 is 11.6 Å². The van der Waals surface area contributed by atoms with Crippen molar-refractivity contribution in [3.63, 3.8) is 0 Å². The van der Waals surface area contributed by atoms with Gasteiger partial charge in [-0.3, -0.25) is 4.79 Å². The van der Waals surface area contributed by atoms with Gasteiger partial charge in [-0.05, 0) is 24.3 Å². The maximum absolute atomic E-state index is 13.4. The highest BCUT2D eigenvalue weighted by atomic mass is 35.5. The fourth-order valence-corrected chi connectivity index (χ4v) is 1.85. The van der Waals surface area contributed by atoms with Gasteiger partial charge in [0.1, 0.15) is 50.3 Å². The zero-order chi connectivity index (χ0) is 16.0. The van der Waals surface area contributed by atoms with Crippen LogP contribution in [0.5, 0.6) is 5.75 Å². The van der Waals surface area contributed by atoms with Crippen molar-refractivity contribution >= 4 is 17.4 Å². The molecule has 0 saturated heterocycles. The Bertz CT molecular complexity index is 601. The highest BCUT2D eigenvalue weighted by Crippen LogP contribution is 2.24. The molecular weight excluding hydrogens is 316 g/mol. The second kappa shape index (κ2) is 7.31. The first-order chi connectivity index (χ1) is 10.6. The van der Waals surface area contributed by atoms with Gasteiger partial charge in [0, 0.05) is 5.02 Å². The van der Waals surface area contributed by atoms with E-state index in [9.17, 15) is 13.6 Å². The first kappa shape index (κ1) is 16.4. The van der Waals surface area contributed by atoms with Gasteiger partial charge in [0.2, 0.25) is 0 Å². The molecule has 0 saturated carbocycles. The van der Waals surface area contributed by atoms with E-state index >= 15 is 0 Å². The van der Waals surface area contributed by atoms with E-state index in [4.69, 9.17) is 16.3 Å². The molecule has 0 aliphatic carbocycles. The number of carbonyl (C=O) groups excluding carboxylic acids is 1. The van der Waals surface area contributed by atoms with Crippen molar-refractivity contribution in [1.29, 1.82) is 0 Å². The van der Waals surface area contributed by atoms with Gasteiger partial charge >= 0.3 is 0 Å². The van der Waals surface area contributed by atoms with E-state index in [0.717, 1.165) is 0 Å². The Morgan fingerprint density at radius 2 is 1.95 bits per heavy atom. The topological polar surface area (TPSA) is 57.0 Å². The first-order valence-electron chi connectivity index (χ1n) is 6.46. The largest absolute Gasteiger partial charge is 0.492 e. The number of hydrogen-bond donors (Lipinski definition) is 0. The summed E-state index contributed by atoms with van der Waals surface area (Å²) in [5.74, 6) is -0.263. The van der Waals surface area contributed by atoms with E-state index in [-0.39, 0.29) is 6.54 Å². The lowest BCUT2D eigenvalue weighted by molar-refractivity contribution is -0.133. The summed E-state index contributed by atoms with van der Waals surface area (Å²) < 4.78 is 33.3. The number of aromatic nitrogens is 3. The van der Waals surface area contributed by atoms with Crippen molar-refractivity contribution in [2.24, 2.45) is 5.41 Å². The molecule has 0 N–H and O–H groups in total. The van der Waals surface area contributed by atoms with Crippen LogP contribution in [0.1, 0.15) is 0 Å². The van der Waals surface area contributed by atoms with Crippen LogP contribution in [0.3, 0.4) is 0 Å². The molecule has 1 aromatic carbocycles. The van der Waals surface area contributed by atoms with E-state index in [1.54, 1.807) is 24.3 Å². The van der Waals surface area contributed by atoms with Crippen LogP contribution in [0.4, 0.5) is 8.78 Å². The van der Waals surface area contributed by atoms with E-state index in [1.807, 2.05) is 0 Å². The van der Waals surface area contributed by atoms with E-state index in [1.165, 1.54) is 17.3 Å². The quantitative estimate of drug-likeness (QED) is 0.746. The SMILES string of the molecule is O=C(Cn1cncn1)C(CF)(CF)COc1ccc(Cl)cc1. The molecule has 0 aliphatic rings. The van der Waals surface area contributed by atoms with Crippen molar-refractivity contribution < 1.29 is 18.3 Å². The lowest BCUT2D eigenvalue weighted by Gasteiger charge is -2.26. The molecule has 2 aromatic rings. The van der Waals surface area contributed by atoms with Gasteiger partial charge in [-0.25, -0.2) is 18.4 Å². The number of rotatable bonds is 8. The summed E-state index contributed by atoms with van der Waals surface area (Å²) in [6, 6.07) is 6.29. The predicted molar refractivity (Wildman–Crippen MR) is 76.4 cm³/mol. The smallest absolute Gasteiger partial charge is 0.169 e. The van der Waals surface area contributed by atoms with Gasteiger partial charge in [0.15, 0.2) is 5.78 Å². The highest BCUT2D eigenvalue weighted by Gasteiger charge is 2.40. The molecule has 0 unspecified atom stereocenters. The van der Waals surface area contributed by atoms with Crippen LogP contribution in [0, 0.1) is 5.41 Å². The maximum atomic E-state index is 13.4. The third-order valence-corrected chi connectivity index (χ3v) is 3.46. The molecule has 0 atom stereocenters. The Morgan fingerprint density at radius 3 is 2.50 bits per heavy atom. The number of halogens is 3. The molecule has 0 spiro atoms. The van der Waals surface area contributed by atoms with E-state index in [2.05, 4.69) is 10.1 Å². The van der Waals surface area contributed by atoms with Crippen LogP contribution in [0.15, 0.2) is 36.9 Å².